The molecule has 6 nitrogen and oxygen atoms in total. The van der Waals surface area contributed by atoms with Gasteiger partial charge in [0.2, 0.25) is 0 Å². The maximum atomic E-state index is 11.2. The van der Waals surface area contributed by atoms with E-state index >= 15 is 0 Å². The second-order valence-corrected chi connectivity index (χ2v) is 4.08. The number of nitro groups is 1. The van der Waals surface area contributed by atoms with Crippen molar-refractivity contribution in [3.05, 3.63) is 33.9 Å². The summed E-state index contributed by atoms with van der Waals surface area (Å²) in [4.78, 5) is 21.6. The second kappa shape index (κ2) is 6.84. The number of carbonyl (C=O) groups excluding carboxylic acids is 1. The van der Waals surface area contributed by atoms with Crippen LogP contribution in [0.25, 0.3) is 0 Å². The van der Waals surface area contributed by atoms with Crippen molar-refractivity contribution in [3.8, 4) is 5.75 Å². The van der Waals surface area contributed by atoms with Gasteiger partial charge in [0.05, 0.1) is 11.5 Å². The Morgan fingerprint density at radius 2 is 2.16 bits per heavy atom. The highest BCUT2D eigenvalue weighted by molar-refractivity contribution is 5.95. The minimum absolute atomic E-state index is 0.141. The monoisotopic (exact) mass is 267 g/mol. The van der Waals surface area contributed by atoms with Gasteiger partial charge in [0, 0.05) is 18.2 Å². The molecule has 0 amide bonds. The summed E-state index contributed by atoms with van der Waals surface area (Å²) >= 11 is 0. The Bertz CT molecular complexity index is 472. The van der Waals surface area contributed by atoms with E-state index in [-0.39, 0.29) is 28.9 Å². The quantitative estimate of drug-likeness (QED) is 0.431. The third-order valence-corrected chi connectivity index (χ3v) is 2.45. The van der Waals surface area contributed by atoms with Crippen molar-refractivity contribution in [2.24, 2.45) is 0 Å². The van der Waals surface area contributed by atoms with E-state index in [1.807, 2.05) is 6.92 Å². The first-order chi connectivity index (χ1) is 8.95. The number of nitro benzene ring substituents is 1. The number of hydrogen-bond acceptors (Lipinski definition) is 5. The maximum Gasteiger partial charge on any atom is 0.311 e. The topological polar surface area (TPSA) is 78.7 Å². The molecule has 104 valence electrons. The van der Waals surface area contributed by atoms with Crippen LogP contribution >= 0.6 is 0 Å². The summed E-state index contributed by atoms with van der Waals surface area (Å²) in [5, 5.41) is 11.0. The van der Waals surface area contributed by atoms with Gasteiger partial charge in [0.25, 0.3) is 0 Å². The highest BCUT2D eigenvalue weighted by atomic mass is 16.6. The van der Waals surface area contributed by atoms with Crippen molar-refractivity contribution in [2.45, 2.75) is 26.9 Å². The van der Waals surface area contributed by atoms with Gasteiger partial charge in [-0.2, -0.15) is 0 Å². The van der Waals surface area contributed by atoms with Crippen LogP contribution in [0.3, 0.4) is 0 Å². The summed E-state index contributed by atoms with van der Waals surface area (Å²) in [5.41, 5.74) is 0.0764. The van der Waals surface area contributed by atoms with E-state index in [0.717, 1.165) is 0 Å². The van der Waals surface area contributed by atoms with Gasteiger partial charge < -0.3 is 9.47 Å². The molecular formula is C13H17NO5. The lowest BCUT2D eigenvalue weighted by Gasteiger charge is -2.14. The zero-order chi connectivity index (χ0) is 14.4. The minimum Gasteiger partial charge on any atom is -0.481 e. The van der Waals surface area contributed by atoms with Crippen molar-refractivity contribution in [1.82, 2.24) is 0 Å². The Labute approximate surface area is 111 Å². The average Bonchev–Trinajstić information content (AvgIpc) is 2.36. The van der Waals surface area contributed by atoms with Gasteiger partial charge in [-0.15, -0.1) is 0 Å². The van der Waals surface area contributed by atoms with Gasteiger partial charge >= 0.3 is 5.69 Å². The van der Waals surface area contributed by atoms with E-state index < -0.39 is 4.92 Å². The van der Waals surface area contributed by atoms with Crippen LogP contribution in [0.2, 0.25) is 0 Å². The van der Waals surface area contributed by atoms with Crippen LogP contribution < -0.4 is 4.74 Å². The predicted molar refractivity (Wildman–Crippen MR) is 69.7 cm³/mol. The fourth-order valence-electron chi connectivity index (χ4n) is 1.51. The lowest BCUT2D eigenvalue weighted by Crippen LogP contribution is -2.19. The summed E-state index contributed by atoms with van der Waals surface area (Å²) in [6.07, 6.45) is -0.304. The van der Waals surface area contributed by atoms with Gasteiger partial charge in [-0.1, -0.05) is 0 Å². The number of benzene rings is 1. The fraction of sp³-hybridized carbons (Fsp3) is 0.462. The van der Waals surface area contributed by atoms with Crippen LogP contribution in [-0.4, -0.2) is 30.0 Å². The molecular weight excluding hydrogens is 250 g/mol. The fourth-order valence-corrected chi connectivity index (χ4v) is 1.51. The molecule has 19 heavy (non-hydrogen) atoms. The summed E-state index contributed by atoms with van der Waals surface area (Å²) in [5.74, 6) is -0.0841. The molecule has 1 unspecified atom stereocenters. The molecule has 0 aromatic heterocycles. The largest absolute Gasteiger partial charge is 0.481 e. The van der Waals surface area contributed by atoms with Crippen LogP contribution in [0.15, 0.2) is 18.2 Å². The van der Waals surface area contributed by atoms with E-state index in [0.29, 0.717) is 13.2 Å². The number of carbonyl (C=O) groups is 1. The Balaban J connectivity index is 2.94. The molecule has 0 heterocycles. The van der Waals surface area contributed by atoms with Crippen LogP contribution in [0, 0.1) is 10.1 Å². The predicted octanol–water partition coefficient (Wildman–Crippen LogP) is 2.60. The molecule has 1 rings (SSSR count). The Kier molecular flexibility index (Phi) is 5.44. The minimum atomic E-state index is -0.560. The number of rotatable bonds is 7. The van der Waals surface area contributed by atoms with E-state index in [9.17, 15) is 14.9 Å². The van der Waals surface area contributed by atoms with E-state index in [4.69, 9.17) is 9.47 Å². The van der Waals surface area contributed by atoms with Gasteiger partial charge in [-0.05, 0) is 32.9 Å². The van der Waals surface area contributed by atoms with Crippen LogP contribution in [0.5, 0.6) is 5.75 Å². The maximum absolute atomic E-state index is 11.2. The summed E-state index contributed by atoms with van der Waals surface area (Å²) in [6.45, 7) is 5.88. The molecule has 0 spiro atoms. The molecule has 0 aliphatic heterocycles. The van der Waals surface area contributed by atoms with Crippen molar-refractivity contribution in [3.63, 3.8) is 0 Å². The van der Waals surface area contributed by atoms with Crippen LogP contribution in [0.4, 0.5) is 5.69 Å². The molecule has 6 heteroatoms. The lowest BCUT2D eigenvalue weighted by molar-refractivity contribution is -0.386. The Morgan fingerprint density at radius 3 is 2.68 bits per heavy atom. The number of ketones is 1. The van der Waals surface area contributed by atoms with Gasteiger partial charge in [-0.3, -0.25) is 14.9 Å². The van der Waals surface area contributed by atoms with E-state index in [2.05, 4.69) is 0 Å². The smallest absolute Gasteiger partial charge is 0.311 e. The molecule has 0 radical (unpaired) electrons. The Morgan fingerprint density at radius 1 is 1.47 bits per heavy atom. The van der Waals surface area contributed by atoms with Crippen molar-refractivity contribution in [2.75, 3.05) is 13.2 Å². The molecule has 1 aromatic carbocycles. The zero-order valence-corrected chi connectivity index (χ0v) is 11.2. The number of Topliss-reactive ketones (excluding diaryl/α,β-unsaturated/α-hetero) is 1. The molecule has 1 atom stereocenters. The molecule has 0 fully saturated rings. The normalized spacial score (nSPS) is 11.9. The Hall–Kier alpha value is -1.95. The third kappa shape index (κ3) is 4.33. The molecule has 0 N–H and O–H groups in total. The standard InChI is InChI=1S/C13H17NO5/c1-4-18-8-9(2)19-13-6-5-11(10(3)15)7-12(13)14(16)17/h5-7,9H,4,8H2,1-3H3. The molecule has 0 aliphatic rings. The number of hydrogen-bond donors (Lipinski definition) is 0. The highest BCUT2D eigenvalue weighted by Crippen LogP contribution is 2.29. The van der Waals surface area contributed by atoms with Gasteiger partial charge in [0.15, 0.2) is 11.5 Å². The second-order valence-electron chi connectivity index (χ2n) is 4.08. The number of ether oxygens (including phenoxy) is 2. The summed E-state index contributed by atoms with van der Waals surface area (Å²) in [7, 11) is 0. The zero-order valence-electron chi connectivity index (χ0n) is 11.2. The van der Waals surface area contributed by atoms with E-state index in [1.165, 1.54) is 25.1 Å². The number of nitrogens with zero attached hydrogens (tertiary/aromatic N) is 1. The molecule has 0 aliphatic carbocycles. The summed E-state index contributed by atoms with van der Waals surface area (Å²) < 4.78 is 10.6. The van der Waals surface area contributed by atoms with Crippen LogP contribution in [0.1, 0.15) is 31.1 Å². The van der Waals surface area contributed by atoms with Crippen molar-refractivity contribution >= 4 is 11.5 Å². The SMILES string of the molecule is CCOCC(C)Oc1ccc(C(C)=O)cc1[N+](=O)[O-]. The lowest BCUT2D eigenvalue weighted by atomic mass is 10.1. The molecule has 0 saturated carbocycles. The summed E-state index contributed by atoms with van der Waals surface area (Å²) in [6, 6.07) is 4.18. The highest BCUT2D eigenvalue weighted by Gasteiger charge is 2.19. The molecule has 0 saturated heterocycles. The first-order valence-electron chi connectivity index (χ1n) is 5.99. The van der Waals surface area contributed by atoms with Crippen LogP contribution in [-0.2, 0) is 4.74 Å². The van der Waals surface area contributed by atoms with Gasteiger partial charge in [-0.25, -0.2) is 0 Å². The first-order valence-corrected chi connectivity index (χ1v) is 5.99. The third-order valence-electron chi connectivity index (χ3n) is 2.45. The first kappa shape index (κ1) is 15.1. The van der Waals surface area contributed by atoms with E-state index in [1.54, 1.807) is 6.92 Å². The van der Waals surface area contributed by atoms with Crippen molar-refractivity contribution in [1.29, 1.82) is 0 Å². The van der Waals surface area contributed by atoms with Gasteiger partial charge in [0.1, 0.15) is 6.10 Å². The average molecular weight is 267 g/mol. The van der Waals surface area contributed by atoms with Crippen molar-refractivity contribution < 1.29 is 19.2 Å². The molecule has 0 bridgehead atoms. The molecule has 1 aromatic rings.